The number of fused-ring (bicyclic) bond motifs is 2. The van der Waals surface area contributed by atoms with Crippen LogP contribution in [-0.2, 0) is 11.3 Å². The molecule has 4 aromatic rings. The molecule has 0 aliphatic carbocycles. The first kappa shape index (κ1) is 18.3. The summed E-state index contributed by atoms with van der Waals surface area (Å²) in [5, 5.41) is 5.11. The minimum atomic E-state index is -0.119. The zero-order chi connectivity index (χ0) is 20.7. The normalized spacial score (nSPS) is 14.2. The number of rotatable bonds is 5. The summed E-state index contributed by atoms with van der Waals surface area (Å²) < 4.78 is 3.25. The smallest absolute Gasteiger partial charge is 0.261 e. The molecule has 0 unspecified atom stereocenters. The van der Waals surface area contributed by atoms with Gasteiger partial charge in [-0.15, -0.1) is 5.10 Å². The quantitative estimate of drug-likeness (QED) is 0.497. The fourth-order valence-electron chi connectivity index (χ4n) is 3.72. The Morgan fingerprint density at radius 3 is 2.87 bits per heavy atom. The number of aryl methyl sites for hydroxylation is 1. The first-order valence-electron chi connectivity index (χ1n) is 9.85. The van der Waals surface area contributed by atoms with Gasteiger partial charge in [0.05, 0.1) is 23.3 Å². The van der Waals surface area contributed by atoms with Crippen molar-refractivity contribution in [2.24, 2.45) is 0 Å². The minimum absolute atomic E-state index is 0.0118. The Balaban J connectivity index is 1.19. The van der Waals surface area contributed by atoms with Gasteiger partial charge in [-0.1, -0.05) is 12.1 Å². The number of amides is 1. The van der Waals surface area contributed by atoms with Crippen LogP contribution >= 0.6 is 0 Å². The van der Waals surface area contributed by atoms with E-state index in [2.05, 4.69) is 20.0 Å². The Bertz CT molecular complexity index is 1290. The third-order valence-electron chi connectivity index (χ3n) is 5.67. The lowest BCUT2D eigenvalue weighted by Crippen LogP contribution is -2.60. The van der Waals surface area contributed by atoms with Crippen molar-refractivity contribution in [1.82, 2.24) is 29.0 Å². The molecule has 0 bridgehead atoms. The van der Waals surface area contributed by atoms with Gasteiger partial charge in [0, 0.05) is 45.5 Å². The van der Waals surface area contributed by atoms with E-state index in [4.69, 9.17) is 0 Å². The lowest BCUT2D eigenvalue weighted by atomic mass is 10.1. The molecule has 1 saturated heterocycles. The lowest BCUT2D eigenvalue weighted by Gasteiger charge is -2.44. The van der Waals surface area contributed by atoms with E-state index >= 15 is 0 Å². The Labute approximate surface area is 172 Å². The molecule has 0 radical (unpaired) electrons. The Hall–Kier alpha value is -3.75. The molecule has 0 atom stereocenters. The standard InChI is InChI=1S/C21H21N7O2/c1-25(15-12-27(13-15)19-7-6-18-22-9-11-28(18)24-19)20(29)8-10-26-14-23-17-5-3-2-4-16(17)21(26)30/h2-7,9,11,14-15H,8,10,12-13H2,1H3. The highest BCUT2D eigenvalue weighted by molar-refractivity contribution is 5.78. The number of anilines is 1. The van der Waals surface area contributed by atoms with Crippen LogP contribution in [0.3, 0.4) is 0 Å². The zero-order valence-electron chi connectivity index (χ0n) is 16.5. The molecule has 1 amide bonds. The van der Waals surface area contributed by atoms with Crippen LogP contribution in [0.4, 0.5) is 5.82 Å². The predicted molar refractivity (Wildman–Crippen MR) is 112 cm³/mol. The van der Waals surface area contributed by atoms with Crippen molar-refractivity contribution in [2.75, 3.05) is 25.0 Å². The van der Waals surface area contributed by atoms with Gasteiger partial charge in [0.2, 0.25) is 5.91 Å². The number of hydrogen-bond acceptors (Lipinski definition) is 6. The van der Waals surface area contributed by atoms with Gasteiger partial charge in [0.25, 0.3) is 5.56 Å². The van der Waals surface area contributed by atoms with E-state index in [9.17, 15) is 9.59 Å². The largest absolute Gasteiger partial charge is 0.351 e. The molecule has 0 spiro atoms. The number of para-hydroxylation sites is 1. The first-order valence-corrected chi connectivity index (χ1v) is 9.85. The maximum atomic E-state index is 12.7. The van der Waals surface area contributed by atoms with Crippen molar-refractivity contribution in [2.45, 2.75) is 19.0 Å². The van der Waals surface area contributed by atoms with E-state index in [0.717, 1.165) is 24.6 Å². The highest BCUT2D eigenvalue weighted by Gasteiger charge is 2.33. The first-order chi connectivity index (χ1) is 14.6. The van der Waals surface area contributed by atoms with Crippen molar-refractivity contribution in [3.63, 3.8) is 0 Å². The van der Waals surface area contributed by atoms with Gasteiger partial charge in [-0.25, -0.2) is 14.5 Å². The van der Waals surface area contributed by atoms with Gasteiger partial charge in [-0.05, 0) is 24.3 Å². The lowest BCUT2D eigenvalue weighted by molar-refractivity contribution is -0.132. The highest BCUT2D eigenvalue weighted by Crippen LogP contribution is 2.21. The van der Waals surface area contributed by atoms with Gasteiger partial charge < -0.3 is 9.80 Å². The summed E-state index contributed by atoms with van der Waals surface area (Å²) in [5.41, 5.74) is 1.35. The number of nitrogens with zero attached hydrogens (tertiary/aromatic N) is 7. The van der Waals surface area contributed by atoms with Gasteiger partial charge in [-0.3, -0.25) is 14.2 Å². The van der Waals surface area contributed by atoms with E-state index < -0.39 is 0 Å². The van der Waals surface area contributed by atoms with Crippen molar-refractivity contribution in [3.8, 4) is 0 Å². The summed E-state index contributed by atoms with van der Waals surface area (Å²) in [5.74, 6) is 0.879. The fourth-order valence-corrected chi connectivity index (χ4v) is 3.72. The van der Waals surface area contributed by atoms with Crippen LogP contribution in [0.15, 0.2) is 59.9 Å². The number of carbonyl (C=O) groups is 1. The van der Waals surface area contributed by atoms with Gasteiger partial charge in [0.1, 0.15) is 5.82 Å². The molecule has 30 heavy (non-hydrogen) atoms. The molecule has 9 nitrogen and oxygen atoms in total. The second-order valence-corrected chi connectivity index (χ2v) is 7.50. The van der Waals surface area contributed by atoms with Gasteiger partial charge in [-0.2, -0.15) is 0 Å². The third-order valence-corrected chi connectivity index (χ3v) is 5.67. The third kappa shape index (κ3) is 3.18. The van der Waals surface area contributed by atoms with Crippen LogP contribution in [0, 0.1) is 0 Å². The Kier molecular flexibility index (Phi) is 4.42. The highest BCUT2D eigenvalue weighted by atomic mass is 16.2. The number of hydrogen-bond donors (Lipinski definition) is 0. The fraction of sp³-hybridized carbons (Fsp3) is 0.286. The summed E-state index contributed by atoms with van der Waals surface area (Å²) in [6, 6.07) is 11.2. The summed E-state index contributed by atoms with van der Waals surface area (Å²) in [4.78, 5) is 37.6. The van der Waals surface area contributed by atoms with E-state index in [0.29, 0.717) is 17.4 Å². The molecule has 4 heterocycles. The van der Waals surface area contributed by atoms with Crippen LogP contribution in [0.5, 0.6) is 0 Å². The average Bonchev–Trinajstić information content (AvgIpc) is 3.20. The number of likely N-dealkylation sites (N-methyl/N-ethyl adjacent to an activating group) is 1. The molecule has 1 fully saturated rings. The maximum absolute atomic E-state index is 12.7. The van der Waals surface area contributed by atoms with Crippen LogP contribution in [0.25, 0.3) is 16.6 Å². The van der Waals surface area contributed by atoms with E-state index in [-0.39, 0.29) is 23.9 Å². The zero-order valence-corrected chi connectivity index (χ0v) is 16.5. The molecule has 1 aliphatic heterocycles. The molecular formula is C21H21N7O2. The summed E-state index contributed by atoms with van der Waals surface area (Å²) in [7, 11) is 1.82. The second kappa shape index (κ2) is 7.25. The van der Waals surface area contributed by atoms with E-state index in [1.807, 2.05) is 43.6 Å². The number of benzene rings is 1. The Morgan fingerprint density at radius 2 is 2.00 bits per heavy atom. The second-order valence-electron chi connectivity index (χ2n) is 7.50. The van der Waals surface area contributed by atoms with Crippen molar-refractivity contribution < 1.29 is 4.79 Å². The predicted octanol–water partition coefficient (Wildman–Crippen LogP) is 1.18. The summed E-state index contributed by atoms with van der Waals surface area (Å²) in [6.07, 6.45) is 5.30. The SMILES string of the molecule is CN(C(=O)CCn1cnc2ccccc2c1=O)C1CN(c2ccc3nccn3n2)C1. The van der Waals surface area contributed by atoms with Crippen molar-refractivity contribution >= 4 is 28.3 Å². The molecule has 5 rings (SSSR count). The monoisotopic (exact) mass is 403 g/mol. The number of carbonyl (C=O) groups excluding carboxylic acids is 1. The molecule has 9 heteroatoms. The topological polar surface area (TPSA) is 88.6 Å². The molecule has 152 valence electrons. The maximum Gasteiger partial charge on any atom is 0.261 e. The molecule has 1 aromatic carbocycles. The number of aromatic nitrogens is 5. The molecule has 0 N–H and O–H groups in total. The molecule has 0 saturated carbocycles. The van der Waals surface area contributed by atoms with Crippen LogP contribution in [0.1, 0.15) is 6.42 Å². The van der Waals surface area contributed by atoms with E-state index in [1.54, 1.807) is 21.7 Å². The molecular weight excluding hydrogens is 382 g/mol. The summed E-state index contributed by atoms with van der Waals surface area (Å²) in [6.45, 7) is 1.77. The molecule has 3 aromatic heterocycles. The van der Waals surface area contributed by atoms with Crippen LogP contribution in [0.2, 0.25) is 0 Å². The average molecular weight is 403 g/mol. The van der Waals surface area contributed by atoms with Gasteiger partial charge >= 0.3 is 0 Å². The Morgan fingerprint density at radius 1 is 1.17 bits per heavy atom. The summed E-state index contributed by atoms with van der Waals surface area (Å²) >= 11 is 0. The molecule has 1 aliphatic rings. The van der Waals surface area contributed by atoms with Crippen molar-refractivity contribution in [3.05, 3.63) is 65.5 Å². The van der Waals surface area contributed by atoms with Crippen molar-refractivity contribution in [1.29, 1.82) is 0 Å². The van der Waals surface area contributed by atoms with Crippen LogP contribution in [-0.4, -0.2) is 61.1 Å². The minimum Gasteiger partial charge on any atom is -0.351 e. The van der Waals surface area contributed by atoms with Crippen LogP contribution < -0.4 is 10.5 Å². The van der Waals surface area contributed by atoms with E-state index in [1.165, 1.54) is 10.9 Å². The number of imidazole rings is 1. The van der Waals surface area contributed by atoms with Gasteiger partial charge in [0.15, 0.2) is 5.65 Å².